The van der Waals surface area contributed by atoms with Gasteiger partial charge in [0.1, 0.15) is 16.0 Å². The average molecular weight is 314 g/mol. The zero-order valence-electron chi connectivity index (χ0n) is 12.0. The van der Waals surface area contributed by atoms with Gasteiger partial charge < -0.3 is 0 Å². The molecule has 0 saturated heterocycles. The van der Waals surface area contributed by atoms with Crippen molar-refractivity contribution in [3.05, 3.63) is 27.0 Å². The highest BCUT2D eigenvalue weighted by molar-refractivity contribution is 7.99. The zero-order valence-corrected chi connectivity index (χ0v) is 13.6. The van der Waals surface area contributed by atoms with E-state index in [1.54, 1.807) is 7.05 Å². The van der Waals surface area contributed by atoms with Crippen LogP contribution < -0.4 is 5.69 Å². The summed E-state index contributed by atoms with van der Waals surface area (Å²) in [5.74, 6) is 0.663. The first-order valence-corrected chi connectivity index (χ1v) is 7.23. The molecule has 20 heavy (non-hydrogen) atoms. The summed E-state index contributed by atoms with van der Waals surface area (Å²) in [4.78, 5) is 20.2. The Balaban J connectivity index is 2.48. The van der Waals surface area contributed by atoms with Crippen molar-refractivity contribution in [2.45, 2.75) is 43.3 Å². The van der Waals surface area contributed by atoms with E-state index in [0.717, 1.165) is 5.56 Å². The predicted octanol–water partition coefficient (Wildman–Crippen LogP) is 2.31. The molecule has 2 rings (SSSR count). The van der Waals surface area contributed by atoms with Gasteiger partial charge in [-0.3, -0.25) is 4.57 Å². The Morgan fingerprint density at radius 3 is 2.45 bits per heavy atom. The molecule has 0 aliphatic rings. The van der Waals surface area contributed by atoms with E-state index >= 15 is 0 Å². The Morgan fingerprint density at radius 2 is 1.95 bits per heavy atom. The molecule has 8 heteroatoms. The minimum atomic E-state index is -0.263. The summed E-state index contributed by atoms with van der Waals surface area (Å²) < 4.78 is 1.43. The largest absolute Gasteiger partial charge is 0.343 e. The van der Waals surface area contributed by atoms with Crippen LogP contribution in [0.4, 0.5) is 0 Å². The number of halogens is 1. The fourth-order valence-electron chi connectivity index (χ4n) is 1.42. The van der Waals surface area contributed by atoms with Gasteiger partial charge in [0.25, 0.3) is 0 Å². The molecule has 2 heterocycles. The molecule has 0 unspecified atom stereocenters. The second-order valence-electron chi connectivity index (χ2n) is 5.49. The van der Waals surface area contributed by atoms with E-state index in [2.05, 4.69) is 20.2 Å². The van der Waals surface area contributed by atoms with Crippen molar-refractivity contribution in [3.8, 4) is 0 Å². The number of nitrogens with zero attached hydrogens (tertiary/aromatic N) is 4. The number of hydrogen-bond acceptors (Lipinski definition) is 5. The number of aromatic nitrogens is 5. The van der Waals surface area contributed by atoms with Crippen molar-refractivity contribution in [2.24, 2.45) is 7.05 Å². The molecule has 2 aromatic heterocycles. The average Bonchev–Trinajstić information content (AvgIpc) is 2.65. The minimum absolute atomic E-state index is 0.204. The van der Waals surface area contributed by atoms with Crippen molar-refractivity contribution in [3.63, 3.8) is 0 Å². The first-order valence-electron chi connectivity index (χ1n) is 6.04. The highest BCUT2D eigenvalue weighted by Crippen LogP contribution is 2.31. The molecule has 6 nitrogen and oxygen atoms in total. The number of rotatable bonds is 2. The molecular weight excluding hydrogens is 298 g/mol. The van der Waals surface area contributed by atoms with E-state index in [1.165, 1.54) is 16.3 Å². The Bertz CT molecular complexity index is 701. The van der Waals surface area contributed by atoms with Crippen LogP contribution in [-0.4, -0.2) is 24.7 Å². The highest BCUT2D eigenvalue weighted by atomic mass is 35.5. The number of aromatic amines is 1. The number of hydrogen-bond donors (Lipinski definition) is 1. The summed E-state index contributed by atoms with van der Waals surface area (Å²) in [6.45, 7) is 7.91. The Kier molecular flexibility index (Phi) is 3.93. The standard InChI is InChI=1S/C12H16ClN5OS/c1-6-7(13)14-9(12(2,3)4)15-8(6)20-11-17-16-10(19)18(11)5/h1-5H3,(H,16,19). The molecule has 0 fully saturated rings. The molecule has 0 aliphatic heterocycles. The van der Waals surface area contributed by atoms with E-state index in [4.69, 9.17) is 11.6 Å². The summed E-state index contributed by atoms with van der Waals surface area (Å²) in [6.07, 6.45) is 0. The van der Waals surface area contributed by atoms with E-state index in [-0.39, 0.29) is 11.1 Å². The molecule has 0 spiro atoms. The first kappa shape index (κ1) is 15.1. The van der Waals surface area contributed by atoms with Crippen LogP contribution in [0.5, 0.6) is 0 Å². The van der Waals surface area contributed by atoms with Crippen molar-refractivity contribution >= 4 is 23.4 Å². The van der Waals surface area contributed by atoms with Crippen LogP contribution in [0.3, 0.4) is 0 Å². The van der Waals surface area contributed by atoms with E-state index in [1.807, 2.05) is 27.7 Å². The van der Waals surface area contributed by atoms with Gasteiger partial charge in [0.05, 0.1) is 0 Å². The smallest absolute Gasteiger partial charge is 0.273 e. The fourth-order valence-corrected chi connectivity index (χ4v) is 2.51. The van der Waals surface area contributed by atoms with Gasteiger partial charge in [-0.2, -0.15) is 0 Å². The van der Waals surface area contributed by atoms with Crippen LogP contribution in [0.2, 0.25) is 5.15 Å². The molecule has 2 aromatic rings. The predicted molar refractivity (Wildman–Crippen MR) is 78.4 cm³/mol. The van der Waals surface area contributed by atoms with Gasteiger partial charge in [0.15, 0.2) is 5.16 Å². The normalized spacial score (nSPS) is 11.9. The molecule has 0 radical (unpaired) electrons. The van der Waals surface area contributed by atoms with Gasteiger partial charge in [-0.05, 0) is 18.7 Å². The van der Waals surface area contributed by atoms with E-state index < -0.39 is 0 Å². The number of nitrogens with one attached hydrogen (secondary N) is 1. The third-order valence-corrected chi connectivity index (χ3v) is 4.25. The third-order valence-electron chi connectivity index (χ3n) is 2.74. The molecule has 0 atom stereocenters. The first-order chi connectivity index (χ1) is 9.20. The van der Waals surface area contributed by atoms with Crippen LogP contribution >= 0.6 is 23.4 Å². The quantitative estimate of drug-likeness (QED) is 0.861. The maximum absolute atomic E-state index is 11.4. The van der Waals surface area contributed by atoms with Crippen molar-refractivity contribution in [1.82, 2.24) is 24.7 Å². The summed E-state index contributed by atoms with van der Waals surface area (Å²) in [7, 11) is 1.65. The van der Waals surface area contributed by atoms with Gasteiger partial charge in [-0.15, -0.1) is 5.10 Å². The maximum Gasteiger partial charge on any atom is 0.343 e. The highest BCUT2D eigenvalue weighted by Gasteiger charge is 2.21. The Morgan fingerprint density at radius 1 is 1.30 bits per heavy atom. The molecule has 108 valence electrons. The van der Waals surface area contributed by atoms with Gasteiger partial charge in [-0.25, -0.2) is 19.9 Å². The topological polar surface area (TPSA) is 76.5 Å². The van der Waals surface area contributed by atoms with Gasteiger partial charge >= 0.3 is 5.69 Å². The van der Waals surface area contributed by atoms with Crippen LogP contribution in [-0.2, 0) is 12.5 Å². The SMILES string of the molecule is Cc1c(Cl)nc(C(C)(C)C)nc1Sc1n[nH]c(=O)n1C. The van der Waals surface area contributed by atoms with Crippen LogP contribution in [0, 0.1) is 6.92 Å². The second kappa shape index (κ2) is 5.21. The molecule has 0 saturated carbocycles. The summed E-state index contributed by atoms with van der Waals surface area (Å²) in [5.41, 5.74) is 0.311. The van der Waals surface area contributed by atoms with Crippen LogP contribution in [0.25, 0.3) is 0 Å². The fraction of sp³-hybridized carbons (Fsp3) is 0.500. The summed E-state index contributed by atoms with van der Waals surface area (Å²) in [5, 5.41) is 8.02. The molecule has 0 bridgehead atoms. The Labute approximate surface area is 126 Å². The van der Waals surface area contributed by atoms with Crippen LogP contribution in [0.1, 0.15) is 32.2 Å². The Hall–Kier alpha value is -1.34. The van der Waals surface area contributed by atoms with Crippen molar-refractivity contribution < 1.29 is 0 Å². The van der Waals surface area contributed by atoms with Gasteiger partial charge in [0, 0.05) is 18.0 Å². The molecular formula is C12H16ClN5OS. The lowest BCUT2D eigenvalue weighted by atomic mass is 9.96. The monoisotopic (exact) mass is 313 g/mol. The second-order valence-corrected chi connectivity index (χ2v) is 6.80. The van der Waals surface area contributed by atoms with Crippen molar-refractivity contribution in [2.75, 3.05) is 0 Å². The summed E-state index contributed by atoms with van der Waals surface area (Å²) >= 11 is 7.47. The molecule has 0 aliphatic carbocycles. The minimum Gasteiger partial charge on any atom is -0.273 e. The molecule has 1 N–H and O–H groups in total. The van der Waals surface area contributed by atoms with Crippen LogP contribution in [0.15, 0.2) is 15.0 Å². The third kappa shape index (κ3) is 2.88. The molecule has 0 amide bonds. The number of H-pyrrole nitrogens is 1. The maximum atomic E-state index is 11.4. The van der Waals surface area contributed by atoms with Gasteiger partial charge in [0.2, 0.25) is 0 Å². The molecule has 0 aromatic carbocycles. The lowest BCUT2D eigenvalue weighted by Gasteiger charge is -2.18. The van der Waals surface area contributed by atoms with Crippen molar-refractivity contribution in [1.29, 1.82) is 0 Å². The van der Waals surface area contributed by atoms with Gasteiger partial charge in [-0.1, -0.05) is 32.4 Å². The summed E-state index contributed by atoms with van der Waals surface area (Å²) in [6, 6.07) is 0. The van der Waals surface area contributed by atoms with E-state index in [9.17, 15) is 4.79 Å². The lowest BCUT2D eigenvalue weighted by Crippen LogP contribution is -2.17. The zero-order chi connectivity index (χ0) is 15.1. The van der Waals surface area contributed by atoms with E-state index in [0.29, 0.717) is 21.2 Å². The lowest BCUT2D eigenvalue weighted by molar-refractivity contribution is 0.537.